The van der Waals surface area contributed by atoms with Gasteiger partial charge in [-0.25, -0.2) is 0 Å². The van der Waals surface area contributed by atoms with Crippen LogP contribution in [0.4, 0.5) is 0 Å². The van der Waals surface area contributed by atoms with Crippen LogP contribution in [-0.2, 0) is 4.79 Å². The van der Waals surface area contributed by atoms with Crippen LogP contribution in [-0.4, -0.2) is 39.6 Å². The molecule has 7 nitrogen and oxygen atoms in total. The Morgan fingerprint density at radius 1 is 1.13 bits per heavy atom. The SMILES string of the molecule is CC(C)[C@@H](NC(=O)CSc1nncn1-c1ccccc1)c1ccc2c(c1)OCCCO2. The lowest BCUT2D eigenvalue weighted by atomic mass is 9.95. The van der Waals surface area contributed by atoms with Gasteiger partial charge < -0.3 is 14.8 Å². The number of ether oxygens (including phenoxy) is 2. The Morgan fingerprint density at radius 2 is 1.90 bits per heavy atom. The number of carbonyl (C=O) groups is 1. The molecule has 0 spiro atoms. The average molecular weight is 439 g/mol. The number of nitrogens with one attached hydrogen (secondary N) is 1. The van der Waals surface area contributed by atoms with E-state index in [9.17, 15) is 4.79 Å². The first-order chi connectivity index (χ1) is 15.1. The Morgan fingerprint density at radius 3 is 2.68 bits per heavy atom. The number of rotatable bonds is 7. The van der Waals surface area contributed by atoms with Gasteiger partial charge >= 0.3 is 0 Å². The van der Waals surface area contributed by atoms with E-state index in [0.29, 0.717) is 18.4 Å². The van der Waals surface area contributed by atoms with Crippen LogP contribution >= 0.6 is 11.8 Å². The Hall–Kier alpha value is -3.00. The Bertz CT molecular complexity index is 1020. The zero-order chi connectivity index (χ0) is 21.6. The third-order valence-corrected chi connectivity index (χ3v) is 5.94. The van der Waals surface area contributed by atoms with Crippen LogP contribution in [0.5, 0.6) is 11.5 Å². The molecule has 2 aromatic carbocycles. The lowest BCUT2D eigenvalue weighted by molar-refractivity contribution is -0.119. The molecule has 2 heterocycles. The molecule has 1 aromatic heterocycles. The summed E-state index contributed by atoms with van der Waals surface area (Å²) >= 11 is 1.36. The third-order valence-electron chi connectivity index (χ3n) is 5.00. The molecule has 0 fully saturated rings. The van der Waals surface area contributed by atoms with Gasteiger partial charge in [0, 0.05) is 12.1 Å². The number of para-hydroxylation sites is 1. The molecule has 8 heteroatoms. The predicted octanol–water partition coefficient (Wildman–Crippen LogP) is 4.03. The summed E-state index contributed by atoms with van der Waals surface area (Å²) in [6, 6.07) is 15.6. The lowest BCUT2D eigenvalue weighted by Gasteiger charge is -2.24. The molecule has 0 saturated carbocycles. The van der Waals surface area contributed by atoms with Crippen LogP contribution in [0.2, 0.25) is 0 Å². The standard InChI is InChI=1S/C23H26N4O3S/c1-16(2)22(17-9-10-19-20(13-17)30-12-6-11-29-19)25-21(28)14-31-23-26-24-15-27(23)18-7-4-3-5-8-18/h3-5,7-10,13,15-16,22H,6,11-12,14H2,1-2H3,(H,25,28)/t22-/m1/s1. The highest BCUT2D eigenvalue weighted by Crippen LogP contribution is 2.34. The van der Waals surface area contributed by atoms with Crippen molar-refractivity contribution in [2.45, 2.75) is 31.5 Å². The van der Waals surface area contributed by atoms with Crippen molar-refractivity contribution < 1.29 is 14.3 Å². The van der Waals surface area contributed by atoms with Crippen molar-refractivity contribution >= 4 is 17.7 Å². The Kier molecular flexibility index (Phi) is 6.76. The predicted molar refractivity (Wildman–Crippen MR) is 120 cm³/mol. The molecule has 0 radical (unpaired) electrons. The first kappa shape index (κ1) is 21.2. The fourth-order valence-corrected chi connectivity index (χ4v) is 4.18. The molecule has 162 valence electrons. The summed E-state index contributed by atoms with van der Waals surface area (Å²) < 4.78 is 13.4. The Labute approximate surface area is 186 Å². The molecule has 1 N–H and O–H groups in total. The third kappa shape index (κ3) is 5.19. The summed E-state index contributed by atoms with van der Waals surface area (Å²) in [6.45, 7) is 5.47. The highest BCUT2D eigenvalue weighted by molar-refractivity contribution is 7.99. The van der Waals surface area contributed by atoms with Gasteiger partial charge in [0.1, 0.15) is 6.33 Å². The van der Waals surface area contributed by atoms with E-state index in [-0.39, 0.29) is 23.6 Å². The van der Waals surface area contributed by atoms with Crippen LogP contribution < -0.4 is 14.8 Å². The first-order valence-corrected chi connectivity index (χ1v) is 11.4. The molecule has 4 rings (SSSR count). The lowest BCUT2D eigenvalue weighted by Crippen LogP contribution is -2.33. The zero-order valence-electron chi connectivity index (χ0n) is 17.7. The maximum absolute atomic E-state index is 12.8. The van der Waals surface area contributed by atoms with E-state index < -0.39 is 0 Å². The van der Waals surface area contributed by atoms with Gasteiger partial charge in [-0.15, -0.1) is 10.2 Å². The monoisotopic (exact) mass is 438 g/mol. The van der Waals surface area contributed by atoms with Crippen molar-refractivity contribution in [3.63, 3.8) is 0 Å². The number of hydrogen-bond donors (Lipinski definition) is 1. The highest BCUT2D eigenvalue weighted by atomic mass is 32.2. The quantitative estimate of drug-likeness (QED) is 0.561. The van der Waals surface area contributed by atoms with Gasteiger partial charge in [-0.1, -0.05) is 49.9 Å². The number of aromatic nitrogens is 3. The summed E-state index contributed by atoms with van der Waals surface area (Å²) in [5, 5.41) is 12.0. The number of nitrogens with zero attached hydrogens (tertiary/aromatic N) is 3. The van der Waals surface area contributed by atoms with Gasteiger partial charge in [-0.3, -0.25) is 9.36 Å². The van der Waals surface area contributed by atoms with Crippen LogP contribution in [0.25, 0.3) is 5.69 Å². The summed E-state index contributed by atoms with van der Waals surface area (Å²) in [5.41, 5.74) is 1.97. The smallest absolute Gasteiger partial charge is 0.230 e. The normalized spacial score (nSPS) is 14.2. The zero-order valence-corrected chi connectivity index (χ0v) is 18.5. The van der Waals surface area contributed by atoms with E-state index in [1.54, 1.807) is 6.33 Å². The minimum atomic E-state index is -0.128. The molecule has 0 bridgehead atoms. The van der Waals surface area contributed by atoms with Gasteiger partial charge in [-0.05, 0) is 35.7 Å². The van der Waals surface area contributed by atoms with Crippen LogP contribution in [0.15, 0.2) is 60.0 Å². The number of hydrogen-bond acceptors (Lipinski definition) is 6. The molecular formula is C23H26N4O3S. The second kappa shape index (κ2) is 9.87. The molecule has 0 saturated heterocycles. The van der Waals surface area contributed by atoms with E-state index in [1.165, 1.54) is 11.8 Å². The number of benzene rings is 2. The minimum Gasteiger partial charge on any atom is -0.490 e. The molecular weight excluding hydrogens is 412 g/mol. The van der Waals surface area contributed by atoms with Gasteiger partial charge in [0.25, 0.3) is 0 Å². The largest absolute Gasteiger partial charge is 0.490 e. The van der Waals surface area contributed by atoms with Crippen molar-refractivity contribution in [1.29, 1.82) is 0 Å². The summed E-state index contributed by atoms with van der Waals surface area (Å²) in [7, 11) is 0. The summed E-state index contributed by atoms with van der Waals surface area (Å²) in [4.78, 5) is 12.8. The van der Waals surface area contributed by atoms with Crippen molar-refractivity contribution in [1.82, 2.24) is 20.1 Å². The van der Waals surface area contributed by atoms with E-state index in [1.807, 2.05) is 53.1 Å². The van der Waals surface area contributed by atoms with E-state index in [0.717, 1.165) is 29.2 Å². The van der Waals surface area contributed by atoms with Crippen molar-refractivity contribution in [3.8, 4) is 17.2 Å². The molecule has 1 aliphatic rings. The number of thioether (sulfide) groups is 1. The fourth-order valence-electron chi connectivity index (χ4n) is 3.44. The van der Waals surface area contributed by atoms with Crippen LogP contribution in [0.3, 0.4) is 0 Å². The topological polar surface area (TPSA) is 78.3 Å². The maximum Gasteiger partial charge on any atom is 0.230 e. The van der Waals surface area contributed by atoms with Gasteiger partial charge in [0.2, 0.25) is 5.91 Å². The highest BCUT2D eigenvalue weighted by Gasteiger charge is 2.21. The van der Waals surface area contributed by atoms with Crippen LogP contribution in [0.1, 0.15) is 31.9 Å². The van der Waals surface area contributed by atoms with Crippen molar-refractivity contribution in [2.24, 2.45) is 5.92 Å². The second-order valence-electron chi connectivity index (χ2n) is 7.65. The number of carbonyl (C=O) groups excluding carboxylic acids is 1. The molecule has 0 aliphatic carbocycles. The van der Waals surface area contributed by atoms with Gasteiger partial charge in [-0.2, -0.15) is 0 Å². The number of amides is 1. The van der Waals surface area contributed by atoms with Gasteiger partial charge in [0.05, 0.1) is 25.0 Å². The molecule has 0 unspecified atom stereocenters. The molecule has 31 heavy (non-hydrogen) atoms. The fraction of sp³-hybridized carbons (Fsp3) is 0.348. The number of fused-ring (bicyclic) bond motifs is 1. The molecule has 1 atom stereocenters. The van der Waals surface area contributed by atoms with Crippen molar-refractivity contribution in [3.05, 3.63) is 60.4 Å². The van der Waals surface area contributed by atoms with Crippen molar-refractivity contribution in [2.75, 3.05) is 19.0 Å². The molecule has 1 aliphatic heterocycles. The molecule has 3 aromatic rings. The van der Waals surface area contributed by atoms with E-state index in [2.05, 4.69) is 29.4 Å². The summed E-state index contributed by atoms with van der Waals surface area (Å²) in [6.07, 6.45) is 2.52. The van der Waals surface area contributed by atoms with E-state index >= 15 is 0 Å². The maximum atomic E-state index is 12.8. The molecule has 1 amide bonds. The van der Waals surface area contributed by atoms with E-state index in [4.69, 9.17) is 9.47 Å². The second-order valence-corrected chi connectivity index (χ2v) is 8.60. The minimum absolute atomic E-state index is 0.0570. The summed E-state index contributed by atoms with van der Waals surface area (Å²) in [5.74, 6) is 1.90. The first-order valence-electron chi connectivity index (χ1n) is 10.4. The van der Waals surface area contributed by atoms with Gasteiger partial charge in [0.15, 0.2) is 16.7 Å². The van der Waals surface area contributed by atoms with Crippen LogP contribution in [0, 0.1) is 5.92 Å². The average Bonchev–Trinajstić information content (AvgIpc) is 3.13. The Balaban J connectivity index is 1.42.